The molecule has 0 saturated carbocycles. The summed E-state index contributed by atoms with van der Waals surface area (Å²) >= 11 is 0. The molecule has 1 aliphatic heterocycles. The number of fused-ring (bicyclic) bond motifs is 1. The number of nitrogens with one attached hydrogen (secondary N) is 1. The van der Waals surface area contributed by atoms with Crippen LogP contribution < -0.4 is 0 Å². The summed E-state index contributed by atoms with van der Waals surface area (Å²) in [5.41, 5.74) is 2.85. The number of H-pyrrole nitrogens is 1. The Morgan fingerprint density at radius 1 is 1.23 bits per heavy atom. The molecule has 2 aromatic carbocycles. The van der Waals surface area contributed by atoms with E-state index in [-0.39, 0.29) is 11.7 Å². The molecule has 30 heavy (non-hydrogen) atoms. The average Bonchev–Trinajstić information content (AvgIpc) is 3.24. The lowest BCUT2D eigenvalue weighted by atomic mass is 9.96. The molecule has 4 rings (SSSR count). The van der Waals surface area contributed by atoms with Gasteiger partial charge in [-0.1, -0.05) is 12.1 Å². The van der Waals surface area contributed by atoms with E-state index in [0.29, 0.717) is 12.5 Å². The van der Waals surface area contributed by atoms with Gasteiger partial charge in [-0.05, 0) is 80.6 Å². The Kier molecular flexibility index (Phi) is 6.48. The minimum absolute atomic E-state index is 0.109. The second kappa shape index (κ2) is 9.43. The molecule has 1 aromatic heterocycles. The van der Waals surface area contributed by atoms with Crippen LogP contribution in [0.2, 0.25) is 0 Å². The predicted octanol–water partition coefficient (Wildman–Crippen LogP) is 4.72. The van der Waals surface area contributed by atoms with E-state index in [1.165, 1.54) is 6.07 Å². The highest BCUT2D eigenvalue weighted by Gasteiger charge is 2.24. The summed E-state index contributed by atoms with van der Waals surface area (Å²) in [7, 11) is 0. The van der Waals surface area contributed by atoms with Gasteiger partial charge in [-0.25, -0.2) is 4.39 Å². The number of likely N-dealkylation sites (tertiary alicyclic amines) is 1. The zero-order valence-electron chi connectivity index (χ0n) is 17.6. The molecular weight excluding hydrogens is 377 g/mol. The van der Waals surface area contributed by atoms with E-state index in [0.717, 1.165) is 67.5 Å². The third kappa shape index (κ3) is 4.90. The van der Waals surface area contributed by atoms with Crippen molar-refractivity contribution >= 4 is 16.8 Å². The standard InChI is InChI=1S/C25H30FN3O/c1-2-29(25(30)22-8-9-24-21(16-22)10-12-27-24)18-20-6-4-13-28(17-20)14-11-19-5-3-7-23(26)15-19/h3,5,7-10,12,15-16,20,27H,2,4,6,11,13-14,17-18H2,1H3. The van der Waals surface area contributed by atoms with Crippen LogP contribution in [0.3, 0.4) is 0 Å². The van der Waals surface area contributed by atoms with Crippen LogP contribution in [0.4, 0.5) is 4.39 Å². The highest BCUT2D eigenvalue weighted by atomic mass is 19.1. The van der Waals surface area contributed by atoms with Crippen LogP contribution in [0, 0.1) is 11.7 Å². The molecule has 5 heteroatoms. The fourth-order valence-corrected chi connectivity index (χ4v) is 4.52. The maximum Gasteiger partial charge on any atom is 0.253 e. The zero-order chi connectivity index (χ0) is 20.9. The van der Waals surface area contributed by atoms with Crippen LogP contribution in [0.25, 0.3) is 10.9 Å². The van der Waals surface area contributed by atoms with Crippen LogP contribution in [-0.2, 0) is 6.42 Å². The van der Waals surface area contributed by atoms with Crippen molar-refractivity contribution in [3.63, 3.8) is 0 Å². The average molecular weight is 408 g/mol. The fraction of sp³-hybridized carbons (Fsp3) is 0.400. The fourth-order valence-electron chi connectivity index (χ4n) is 4.52. The minimum atomic E-state index is -0.168. The van der Waals surface area contributed by atoms with Crippen molar-refractivity contribution in [2.75, 3.05) is 32.7 Å². The van der Waals surface area contributed by atoms with E-state index in [1.807, 2.05) is 41.4 Å². The molecule has 0 bridgehead atoms. The monoisotopic (exact) mass is 407 g/mol. The summed E-state index contributed by atoms with van der Waals surface area (Å²) < 4.78 is 13.4. The number of carbonyl (C=O) groups excluding carboxylic acids is 1. The van der Waals surface area contributed by atoms with Crippen molar-refractivity contribution in [3.05, 3.63) is 71.7 Å². The van der Waals surface area contributed by atoms with E-state index in [9.17, 15) is 9.18 Å². The van der Waals surface area contributed by atoms with Gasteiger partial charge in [-0.15, -0.1) is 0 Å². The van der Waals surface area contributed by atoms with Crippen LogP contribution in [0.1, 0.15) is 35.7 Å². The summed E-state index contributed by atoms with van der Waals surface area (Å²) in [5.74, 6) is 0.419. The second-order valence-corrected chi connectivity index (χ2v) is 8.31. The molecule has 3 aromatic rings. The molecular formula is C25H30FN3O. The number of piperidine rings is 1. The molecule has 1 fully saturated rings. The van der Waals surface area contributed by atoms with Gasteiger partial charge in [0.1, 0.15) is 5.82 Å². The number of hydrogen-bond acceptors (Lipinski definition) is 2. The Morgan fingerprint density at radius 3 is 2.97 bits per heavy atom. The molecule has 1 aliphatic rings. The number of aromatic amines is 1. The third-order valence-corrected chi connectivity index (χ3v) is 6.16. The summed E-state index contributed by atoms with van der Waals surface area (Å²) in [6.45, 7) is 6.56. The first-order chi connectivity index (χ1) is 14.6. The van der Waals surface area contributed by atoms with Crippen molar-refractivity contribution in [2.45, 2.75) is 26.2 Å². The Hall–Kier alpha value is -2.66. The molecule has 0 spiro atoms. The number of halogens is 1. The number of carbonyl (C=O) groups is 1. The first-order valence-electron chi connectivity index (χ1n) is 11.0. The van der Waals surface area contributed by atoms with Crippen molar-refractivity contribution in [1.29, 1.82) is 0 Å². The molecule has 0 aliphatic carbocycles. The van der Waals surface area contributed by atoms with E-state index < -0.39 is 0 Å². The van der Waals surface area contributed by atoms with Crippen LogP contribution in [0.5, 0.6) is 0 Å². The van der Waals surface area contributed by atoms with Gasteiger partial charge < -0.3 is 14.8 Å². The number of nitrogens with zero attached hydrogens (tertiary/aromatic N) is 2. The topological polar surface area (TPSA) is 39.3 Å². The number of aromatic nitrogens is 1. The van der Waals surface area contributed by atoms with E-state index >= 15 is 0 Å². The van der Waals surface area contributed by atoms with E-state index in [4.69, 9.17) is 0 Å². The first-order valence-corrected chi connectivity index (χ1v) is 11.0. The maximum atomic E-state index is 13.4. The highest BCUT2D eigenvalue weighted by Crippen LogP contribution is 2.21. The van der Waals surface area contributed by atoms with Crippen molar-refractivity contribution in [1.82, 2.24) is 14.8 Å². The van der Waals surface area contributed by atoms with Gasteiger partial charge in [-0.3, -0.25) is 4.79 Å². The van der Waals surface area contributed by atoms with Gasteiger partial charge in [0.2, 0.25) is 0 Å². The summed E-state index contributed by atoms with van der Waals surface area (Å²) in [5, 5.41) is 1.07. The molecule has 158 valence electrons. The molecule has 1 atom stereocenters. The SMILES string of the molecule is CCN(CC1CCCN(CCc2cccc(F)c2)C1)C(=O)c1ccc2[nH]ccc2c1. The predicted molar refractivity (Wildman–Crippen MR) is 119 cm³/mol. The normalized spacial score (nSPS) is 17.3. The van der Waals surface area contributed by atoms with Gasteiger partial charge in [0.15, 0.2) is 0 Å². The molecule has 0 radical (unpaired) electrons. The molecule has 1 unspecified atom stereocenters. The summed E-state index contributed by atoms with van der Waals surface area (Å²) in [6, 6.07) is 14.7. The smallest absolute Gasteiger partial charge is 0.253 e. The van der Waals surface area contributed by atoms with E-state index in [2.05, 4.69) is 16.8 Å². The number of amides is 1. The number of hydrogen-bond donors (Lipinski definition) is 1. The van der Waals surface area contributed by atoms with Crippen LogP contribution in [0.15, 0.2) is 54.7 Å². The van der Waals surface area contributed by atoms with Gasteiger partial charge in [0.05, 0.1) is 0 Å². The molecule has 1 saturated heterocycles. The van der Waals surface area contributed by atoms with Gasteiger partial charge in [0, 0.05) is 48.8 Å². The lowest BCUT2D eigenvalue weighted by Gasteiger charge is -2.35. The molecule has 1 amide bonds. The van der Waals surface area contributed by atoms with Crippen molar-refractivity contribution in [3.8, 4) is 0 Å². The second-order valence-electron chi connectivity index (χ2n) is 8.31. The Labute approximate surface area is 177 Å². The van der Waals surface area contributed by atoms with Crippen LogP contribution in [-0.4, -0.2) is 53.4 Å². The minimum Gasteiger partial charge on any atom is -0.361 e. The number of benzene rings is 2. The van der Waals surface area contributed by atoms with Crippen LogP contribution >= 0.6 is 0 Å². The molecule has 2 heterocycles. The molecule has 4 nitrogen and oxygen atoms in total. The largest absolute Gasteiger partial charge is 0.361 e. The van der Waals surface area contributed by atoms with Gasteiger partial charge in [0.25, 0.3) is 5.91 Å². The Morgan fingerprint density at radius 2 is 2.13 bits per heavy atom. The van der Waals surface area contributed by atoms with Crippen molar-refractivity contribution < 1.29 is 9.18 Å². The van der Waals surface area contributed by atoms with Crippen molar-refractivity contribution in [2.24, 2.45) is 5.92 Å². The first kappa shape index (κ1) is 20.6. The van der Waals surface area contributed by atoms with Gasteiger partial charge in [-0.2, -0.15) is 0 Å². The Bertz CT molecular complexity index is 999. The Balaban J connectivity index is 1.34. The van der Waals surface area contributed by atoms with Gasteiger partial charge >= 0.3 is 0 Å². The summed E-state index contributed by atoms with van der Waals surface area (Å²) in [4.78, 5) is 20.7. The van der Waals surface area contributed by atoms with E-state index in [1.54, 1.807) is 12.1 Å². The third-order valence-electron chi connectivity index (χ3n) is 6.16. The zero-order valence-corrected chi connectivity index (χ0v) is 17.6. The lowest BCUT2D eigenvalue weighted by Crippen LogP contribution is -2.43. The quantitative estimate of drug-likeness (QED) is 0.615. The lowest BCUT2D eigenvalue weighted by molar-refractivity contribution is 0.0691. The maximum absolute atomic E-state index is 13.4. The summed E-state index contributed by atoms with van der Waals surface area (Å²) in [6.07, 6.45) is 5.06. The molecule has 1 N–H and O–H groups in total. The number of rotatable bonds is 7. The highest BCUT2D eigenvalue weighted by molar-refractivity contribution is 5.98.